The highest BCUT2D eigenvalue weighted by atomic mass is 19.1. The Morgan fingerprint density at radius 3 is 2.62 bits per heavy atom. The van der Waals surface area contributed by atoms with E-state index in [1.165, 1.54) is 37.7 Å². The first-order valence-corrected chi connectivity index (χ1v) is 11.5. The lowest BCUT2D eigenvalue weighted by Crippen LogP contribution is -2.14. The van der Waals surface area contributed by atoms with E-state index in [1.807, 2.05) is 18.5 Å². The lowest BCUT2D eigenvalue weighted by atomic mass is 9.94. The van der Waals surface area contributed by atoms with Crippen molar-refractivity contribution in [2.45, 2.75) is 38.1 Å². The Bertz CT molecular complexity index is 1270. The van der Waals surface area contributed by atoms with Crippen LogP contribution in [-0.2, 0) is 0 Å². The van der Waals surface area contributed by atoms with Gasteiger partial charge in [0.1, 0.15) is 11.6 Å². The SMILES string of the molecule is COc1ccc(NC(=O)c2ccco2)cc1-c1c(-c2ccc(F)cc2)ncn1C1CCCCC1. The summed E-state index contributed by atoms with van der Waals surface area (Å²) in [5.41, 5.74) is 3.88. The minimum absolute atomic E-state index is 0.233. The second-order valence-electron chi connectivity index (χ2n) is 8.49. The van der Waals surface area contributed by atoms with Crippen LogP contribution >= 0.6 is 0 Å². The number of nitrogens with one attached hydrogen (secondary N) is 1. The molecule has 0 atom stereocenters. The van der Waals surface area contributed by atoms with Crippen LogP contribution < -0.4 is 10.1 Å². The molecule has 1 fully saturated rings. The summed E-state index contributed by atoms with van der Waals surface area (Å²) in [4.78, 5) is 17.3. The first-order chi connectivity index (χ1) is 16.6. The predicted octanol–water partition coefficient (Wildman–Crippen LogP) is 6.72. The van der Waals surface area contributed by atoms with Crippen LogP contribution in [0.15, 0.2) is 71.6 Å². The summed E-state index contributed by atoms with van der Waals surface area (Å²) in [6.07, 6.45) is 9.06. The second kappa shape index (κ2) is 9.55. The van der Waals surface area contributed by atoms with Crippen molar-refractivity contribution in [1.29, 1.82) is 0 Å². The Morgan fingerprint density at radius 1 is 1.12 bits per heavy atom. The van der Waals surface area contributed by atoms with Gasteiger partial charge in [-0.1, -0.05) is 19.3 Å². The highest BCUT2D eigenvalue weighted by Gasteiger charge is 2.25. The number of imidazole rings is 1. The van der Waals surface area contributed by atoms with Crippen LogP contribution in [-0.4, -0.2) is 22.6 Å². The standard InChI is InChI=1S/C27H26FN3O3/c1-33-23-14-13-20(30-27(32)24-8-5-15-34-24)16-22(23)26-25(18-9-11-19(28)12-10-18)29-17-31(26)21-6-3-2-4-7-21/h5,8-17,21H,2-4,6-7H2,1H3,(H,30,32). The van der Waals surface area contributed by atoms with E-state index in [9.17, 15) is 9.18 Å². The number of amides is 1. The topological polar surface area (TPSA) is 69.3 Å². The van der Waals surface area contributed by atoms with Crippen LogP contribution in [0.2, 0.25) is 0 Å². The second-order valence-corrected chi connectivity index (χ2v) is 8.49. The zero-order chi connectivity index (χ0) is 23.5. The monoisotopic (exact) mass is 459 g/mol. The quantitative estimate of drug-likeness (QED) is 0.348. The fourth-order valence-electron chi connectivity index (χ4n) is 4.65. The van der Waals surface area contributed by atoms with E-state index < -0.39 is 0 Å². The van der Waals surface area contributed by atoms with Gasteiger partial charge in [0.05, 0.1) is 31.1 Å². The van der Waals surface area contributed by atoms with Crippen LogP contribution in [0, 0.1) is 5.82 Å². The number of halogens is 1. The minimum Gasteiger partial charge on any atom is -0.496 e. The summed E-state index contributed by atoms with van der Waals surface area (Å²) in [6.45, 7) is 0. The van der Waals surface area contributed by atoms with Gasteiger partial charge >= 0.3 is 0 Å². The van der Waals surface area contributed by atoms with Crippen molar-refractivity contribution < 1.29 is 18.3 Å². The molecule has 34 heavy (non-hydrogen) atoms. The van der Waals surface area contributed by atoms with Crippen LogP contribution in [0.4, 0.5) is 10.1 Å². The Labute approximate surface area is 197 Å². The van der Waals surface area contributed by atoms with Crippen LogP contribution in [0.1, 0.15) is 48.7 Å². The summed E-state index contributed by atoms with van der Waals surface area (Å²) in [7, 11) is 1.62. The molecule has 2 aromatic carbocycles. The highest BCUT2D eigenvalue weighted by Crippen LogP contribution is 2.42. The molecular weight excluding hydrogens is 433 g/mol. The highest BCUT2D eigenvalue weighted by molar-refractivity contribution is 6.02. The van der Waals surface area contributed by atoms with Crippen molar-refractivity contribution in [2.24, 2.45) is 0 Å². The van der Waals surface area contributed by atoms with E-state index in [0.29, 0.717) is 17.5 Å². The van der Waals surface area contributed by atoms with Gasteiger partial charge in [0.25, 0.3) is 5.91 Å². The number of hydrogen-bond donors (Lipinski definition) is 1. The smallest absolute Gasteiger partial charge is 0.291 e. The average molecular weight is 460 g/mol. The molecule has 1 N–H and O–H groups in total. The van der Waals surface area contributed by atoms with Crippen LogP contribution in [0.25, 0.3) is 22.5 Å². The molecule has 0 aliphatic heterocycles. The first kappa shape index (κ1) is 21.9. The number of carbonyl (C=O) groups excluding carboxylic acids is 1. The minimum atomic E-state index is -0.333. The Balaban J connectivity index is 1.62. The van der Waals surface area contributed by atoms with Crippen molar-refractivity contribution in [2.75, 3.05) is 12.4 Å². The predicted molar refractivity (Wildman–Crippen MR) is 128 cm³/mol. The van der Waals surface area contributed by atoms with Gasteiger partial charge < -0.3 is 19.0 Å². The molecule has 5 rings (SSSR count). The van der Waals surface area contributed by atoms with Crippen LogP contribution in [0.5, 0.6) is 5.75 Å². The molecule has 1 amide bonds. The molecule has 1 saturated carbocycles. The lowest BCUT2D eigenvalue weighted by Gasteiger charge is -2.26. The van der Waals surface area contributed by atoms with Gasteiger partial charge in [0, 0.05) is 22.9 Å². The van der Waals surface area contributed by atoms with E-state index in [4.69, 9.17) is 14.1 Å². The Morgan fingerprint density at radius 2 is 1.91 bits per heavy atom. The molecule has 0 bridgehead atoms. The molecule has 0 saturated heterocycles. The number of carbonyl (C=O) groups is 1. The molecule has 4 aromatic rings. The van der Waals surface area contributed by atoms with Gasteiger partial charge in [-0.15, -0.1) is 0 Å². The maximum absolute atomic E-state index is 13.6. The van der Waals surface area contributed by atoms with Gasteiger partial charge in [-0.2, -0.15) is 0 Å². The number of methoxy groups -OCH3 is 1. The summed E-state index contributed by atoms with van der Waals surface area (Å²) in [6, 6.07) is 15.5. The van der Waals surface area contributed by atoms with E-state index in [-0.39, 0.29) is 17.5 Å². The number of hydrogen-bond acceptors (Lipinski definition) is 4. The Kier molecular flexibility index (Phi) is 6.16. The number of aromatic nitrogens is 2. The molecule has 0 unspecified atom stereocenters. The van der Waals surface area contributed by atoms with Gasteiger partial charge in [-0.3, -0.25) is 4.79 Å². The lowest BCUT2D eigenvalue weighted by molar-refractivity contribution is 0.0996. The largest absolute Gasteiger partial charge is 0.496 e. The third-order valence-corrected chi connectivity index (χ3v) is 6.34. The van der Waals surface area contributed by atoms with Crippen molar-refractivity contribution in [3.63, 3.8) is 0 Å². The number of furan rings is 1. The van der Waals surface area contributed by atoms with E-state index in [1.54, 1.807) is 37.4 Å². The van der Waals surface area contributed by atoms with Crippen molar-refractivity contribution in [3.8, 4) is 28.3 Å². The Hall–Kier alpha value is -3.87. The number of anilines is 1. The molecule has 0 radical (unpaired) electrons. The van der Waals surface area contributed by atoms with Crippen LogP contribution in [0.3, 0.4) is 0 Å². The number of nitrogens with zero attached hydrogens (tertiary/aromatic N) is 2. The molecule has 174 valence electrons. The van der Waals surface area contributed by atoms with E-state index in [0.717, 1.165) is 35.4 Å². The molecule has 7 heteroatoms. The molecule has 2 heterocycles. The molecule has 1 aliphatic carbocycles. The molecule has 1 aliphatic rings. The summed E-state index contributed by atoms with van der Waals surface area (Å²) < 4.78 is 26.8. The third kappa shape index (κ3) is 4.33. The number of ether oxygens (including phenoxy) is 1. The fraction of sp³-hybridized carbons (Fsp3) is 0.259. The maximum atomic E-state index is 13.6. The van der Waals surface area contributed by atoms with Crippen molar-refractivity contribution in [3.05, 3.63) is 78.8 Å². The average Bonchev–Trinajstić information content (AvgIpc) is 3.56. The van der Waals surface area contributed by atoms with Crippen molar-refractivity contribution >= 4 is 11.6 Å². The zero-order valence-electron chi connectivity index (χ0n) is 19.0. The molecule has 0 spiro atoms. The van der Waals surface area contributed by atoms with Gasteiger partial charge in [0.15, 0.2) is 5.76 Å². The first-order valence-electron chi connectivity index (χ1n) is 11.5. The summed E-state index contributed by atoms with van der Waals surface area (Å²) >= 11 is 0. The molecular formula is C27H26FN3O3. The number of rotatable bonds is 6. The maximum Gasteiger partial charge on any atom is 0.291 e. The van der Waals surface area contributed by atoms with Crippen molar-refractivity contribution in [1.82, 2.24) is 9.55 Å². The summed E-state index contributed by atoms with van der Waals surface area (Å²) in [5.74, 6) is 0.270. The summed E-state index contributed by atoms with van der Waals surface area (Å²) in [5, 5.41) is 2.90. The van der Waals surface area contributed by atoms with Gasteiger partial charge in [-0.05, 0) is 67.4 Å². The third-order valence-electron chi connectivity index (χ3n) is 6.34. The van der Waals surface area contributed by atoms with E-state index >= 15 is 0 Å². The van der Waals surface area contributed by atoms with Gasteiger partial charge in [-0.25, -0.2) is 9.37 Å². The van der Waals surface area contributed by atoms with Gasteiger partial charge in [0.2, 0.25) is 0 Å². The normalized spacial score (nSPS) is 14.2. The number of benzene rings is 2. The zero-order valence-corrected chi connectivity index (χ0v) is 19.0. The van der Waals surface area contributed by atoms with E-state index in [2.05, 4.69) is 9.88 Å². The molecule has 6 nitrogen and oxygen atoms in total. The fourth-order valence-corrected chi connectivity index (χ4v) is 4.65. The molecule has 2 aromatic heterocycles.